The van der Waals surface area contributed by atoms with E-state index in [9.17, 15) is 8.42 Å². The molecule has 2 aromatic carbocycles. The highest BCUT2D eigenvalue weighted by Gasteiger charge is 2.29. The third-order valence-corrected chi connectivity index (χ3v) is 6.60. The highest BCUT2D eigenvalue weighted by Crippen LogP contribution is 2.35. The zero-order chi connectivity index (χ0) is 19.3. The molecule has 3 rings (SSSR count). The van der Waals surface area contributed by atoms with Gasteiger partial charge in [-0.05, 0) is 48.7 Å². The lowest BCUT2D eigenvalue weighted by Gasteiger charge is -2.22. The predicted molar refractivity (Wildman–Crippen MR) is 112 cm³/mol. The van der Waals surface area contributed by atoms with E-state index in [-0.39, 0.29) is 16.9 Å². The number of ether oxygens (including phenoxy) is 1. The summed E-state index contributed by atoms with van der Waals surface area (Å²) >= 11 is 3.35. The van der Waals surface area contributed by atoms with Gasteiger partial charge in [0.15, 0.2) is 0 Å². The molecule has 0 amide bonds. The Morgan fingerprint density at radius 3 is 2.63 bits per heavy atom. The van der Waals surface area contributed by atoms with Crippen molar-refractivity contribution in [1.29, 1.82) is 0 Å². The van der Waals surface area contributed by atoms with E-state index in [1.165, 1.54) is 0 Å². The van der Waals surface area contributed by atoms with Gasteiger partial charge in [0.1, 0.15) is 5.75 Å². The summed E-state index contributed by atoms with van der Waals surface area (Å²) in [5, 5.41) is 0.870. The molecule has 144 valence electrons. The second kappa shape index (κ2) is 8.99. The Hall–Kier alpha value is -1.70. The standard InChI is InChI=1S/C20H23BrN2O3S/c1-2-19(18-14-22-20-7-4-3-6-17(18)20)23-27(24,25)16-10-8-15(9-11-16)26-13-5-12-21/h3-4,6-11,14,18-19,23H,2,5,12-13H2,1H3. The molecule has 0 aromatic heterocycles. The fraction of sp³-hybridized carbons (Fsp3) is 0.350. The Balaban J connectivity index is 1.72. The molecule has 1 heterocycles. The van der Waals surface area contributed by atoms with E-state index in [1.54, 1.807) is 24.3 Å². The Labute approximate surface area is 169 Å². The van der Waals surface area contributed by atoms with E-state index in [2.05, 4.69) is 25.6 Å². The lowest BCUT2D eigenvalue weighted by atomic mass is 9.92. The summed E-state index contributed by atoms with van der Waals surface area (Å²) in [5.74, 6) is 0.603. The fourth-order valence-corrected chi connectivity index (χ4v) is 4.66. The van der Waals surface area contributed by atoms with Crippen LogP contribution in [0.25, 0.3) is 0 Å². The number of nitrogens with one attached hydrogen (secondary N) is 1. The second-order valence-electron chi connectivity index (χ2n) is 6.36. The zero-order valence-electron chi connectivity index (χ0n) is 15.1. The number of para-hydroxylation sites is 1. The van der Waals surface area contributed by atoms with Gasteiger partial charge < -0.3 is 4.74 Å². The maximum absolute atomic E-state index is 12.8. The van der Waals surface area contributed by atoms with E-state index in [1.807, 2.05) is 37.4 Å². The van der Waals surface area contributed by atoms with Gasteiger partial charge in [0.25, 0.3) is 0 Å². The summed E-state index contributed by atoms with van der Waals surface area (Å²) in [4.78, 5) is 4.65. The minimum atomic E-state index is -3.63. The Kier molecular flexibility index (Phi) is 6.68. The average Bonchev–Trinajstić information content (AvgIpc) is 3.11. The van der Waals surface area contributed by atoms with Crippen LogP contribution in [0.3, 0.4) is 0 Å². The quantitative estimate of drug-likeness (QED) is 0.454. The molecule has 1 aliphatic heterocycles. The minimum Gasteiger partial charge on any atom is -0.494 e. The first kappa shape index (κ1) is 20.0. The second-order valence-corrected chi connectivity index (χ2v) is 8.87. The van der Waals surface area contributed by atoms with E-state index in [0.717, 1.165) is 23.0 Å². The van der Waals surface area contributed by atoms with Gasteiger partial charge in [0, 0.05) is 23.5 Å². The summed E-state index contributed by atoms with van der Waals surface area (Å²) < 4.78 is 34.1. The zero-order valence-corrected chi connectivity index (χ0v) is 17.5. The molecule has 0 spiro atoms. The first-order valence-corrected chi connectivity index (χ1v) is 11.6. The van der Waals surface area contributed by atoms with Crippen molar-refractivity contribution < 1.29 is 13.2 Å². The molecule has 0 radical (unpaired) electrons. The molecule has 1 N–H and O–H groups in total. The molecule has 2 unspecified atom stereocenters. The maximum Gasteiger partial charge on any atom is 0.240 e. The molecule has 0 saturated heterocycles. The van der Waals surface area contributed by atoms with Crippen molar-refractivity contribution in [3.05, 3.63) is 54.1 Å². The van der Waals surface area contributed by atoms with Crippen LogP contribution in [0.15, 0.2) is 58.4 Å². The van der Waals surface area contributed by atoms with Crippen LogP contribution in [0.4, 0.5) is 5.69 Å². The summed E-state index contributed by atoms with van der Waals surface area (Å²) in [6, 6.07) is 14.1. The number of fused-ring (bicyclic) bond motifs is 1. The monoisotopic (exact) mass is 450 g/mol. The van der Waals surface area contributed by atoms with Crippen LogP contribution in [0.5, 0.6) is 5.75 Å². The summed E-state index contributed by atoms with van der Waals surface area (Å²) in [6.45, 7) is 2.57. The molecule has 7 heteroatoms. The Morgan fingerprint density at radius 1 is 1.19 bits per heavy atom. The van der Waals surface area contributed by atoms with E-state index in [4.69, 9.17) is 4.74 Å². The van der Waals surface area contributed by atoms with E-state index >= 15 is 0 Å². The highest BCUT2D eigenvalue weighted by molar-refractivity contribution is 9.09. The number of rotatable bonds is 9. The number of benzene rings is 2. The van der Waals surface area contributed by atoms with Crippen molar-refractivity contribution in [2.75, 3.05) is 11.9 Å². The normalized spacial score (nSPS) is 16.9. The topological polar surface area (TPSA) is 67.8 Å². The lowest BCUT2D eigenvalue weighted by molar-refractivity contribution is 0.319. The van der Waals surface area contributed by atoms with Crippen molar-refractivity contribution in [2.24, 2.45) is 4.99 Å². The third kappa shape index (κ3) is 4.78. The van der Waals surface area contributed by atoms with Gasteiger partial charge in [0.05, 0.1) is 17.2 Å². The van der Waals surface area contributed by atoms with Gasteiger partial charge in [-0.15, -0.1) is 0 Å². The van der Waals surface area contributed by atoms with Gasteiger partial charge in [-0.1, -0.05) is 41.1 Å². The molecular formula is C20H23BrN2O3S. The van der Waals surface area contributed by atoms with Crippen LogP contribution in [-0.4, -0.2) is 32.6 Å². The molecule has 0 fully saturated rings. The first-order valence-electron chi connectivity index (χ1n) is 8.99. The fourth-order valence-electron chi connectivity index (χ4n) is 3.09. The highest BCUT2D eigenvalue weighted by atomic mass is 79.9. The number of hydrogen-bond donors (Lipinski definition) is 1. The van der Waals surface area contributed by atoms with E-state index in [0.29, 0.717) is 18.8 Å². The van der Waals surface area contributed by atoms with Crippen molar-refractivity contribution in [1.82, 2.24) is 4.72 Å². The summed E-state index contributed by atoms with van der Waals surface area (Å²) in [6.07, 6.45) is 3.39. The van der Waals surface area contributed by atoms with Gasteiger partial charge in [0.2, 0.25) is 10.0 Å². The molecule has 1 aliphatic rings. The van der Waals surface area contributed by atoms with Crippen LogP contribution < -0.4 is 9.46 Å². The summed E-state index contributed by atoms with van der Waals surface area (Å²) in [7, 11) is -3.63. The molecule has 0 saturated carbocycles. The SMILES string of the molecule is CCC(NS(=O)(=O)c1ccc(OCCCBr)cc1)C1C=Nc2ccccc21. The van der Waals surface area contributed by atoms with Crippen LogP contribution in [-0.2, 0) is 10.0 Å². The van der Waals surface area contributed by atoms with Crippen LogP contribution >= 0.6 is 15.9 Å². The number of aliphatic imine (C=N–C) groups is 1. The van der Waals surface area contributed by atoms with Crippen molar-refractivity contribution in [3.63, 3.8) is 0 Å². The van der Waals surface area contributed by atoms with Crippen molar-refractivity contribution in [2.45, 2.75) is 36.6 Å². The maximum atomic E-state index is 12.8. The Morgan fingerprint density at radius 2 is 1.93 bits per heavy atom. The van der Waals surface area contributed by atoms with Gasteiger partial charge in [-0.3, -0.25) is 4.99 Å². The molecule has 2 aromatic rings. The van der Waals surface area contributed by atoms with Crippen LogP contribution in [0.1, 0.15) is 31.2 Å². The number of alkyl halides is 1. The predicted octanol–water partition coefficient (Wildman–Crippen LogP) is 4.41. The molecular weight excluding hydrogens is 428 g/mol. The van der Waals surface area contributed by atoms with Gasteiger partial charge >= 0.3 is 0 Å². The number of hydrogen-bond acceptors (Lipinski definition) is 4. The van der Waals surface area contributed by atoms with E-state index < -0.39 is 10.0 Å². The molecule has 0 bridgehead atoms. The smallest absolute Gasteiger partial charge is 0.240 e. The molecule has 0 aliphatic carbocycles. The molecule has 27 heavy (non-hydrogen) atoms. The first-order chi connectivity index (χ1) is 13.0. The van der Waals surface area contributed by atoms with Crippen molar-refractivity contribution >= 4 is 37.9 Å². The lowest BCUT2D eigenvalue weighted by Crippen LogP contribution is -2.38. The number of nitrogens with zero attached hydrogens (tertiary/aromatic N) is 1. The van der Waals surface area contributed by atoms with Crippen LogP contribution in [0, 0.1) is 0 Å². The third-order valence-electron chi connectivity index (χ3n) is 4.53. The molecule has 2 atom stereocenters. The summed E-state index contributed by atoms with van der Waals surface area (Å²) in [5.41, 5.74) is 1.97. The van der Waals surface area contributed by atoms with Gasteiger partial charge in [-0.25, -0.2) is 13.1 Å². The minimum absolute atomic E-state index is 0.0622. The van der Waals surface area contributed by atoms with Crippen LogP contribution in [0.2, 0.25) is 0 Å². The average molecular weight is 451 g/mol. The number of sulfonamides is 1. The molecule has 5 nitrogen and oxygen atoms in total. The van der Waals surface area contributed by atoms with Crippen molar-refractivity contribution in [3.8, 4) is 5.75 Å². The largest absolute Gasteiger partial charge is 0.494 e. The Bertz CT molecular complexity index is 898. The number of halogens is 1. The van der Waals surface area contributed by atoms with Gasteiger partial charge in [-0.2, -0.15) is 0 Å².